The first-order valence-electron chi connectivity index (χ1n) is 9.59. The molecule has 4 bridgehead atoms. The quantitative estimate of drug-likeness (QED) is 0.710. The van der Waals surface area contributed by atoms with Crippen LogP contribution in [0, 0.1) is 34.5 Å². The minimum Gasteiger partial charge on any atom is -0.478 e. The highest BCUT2D eigenvalue weighted by molar-refractivity contribution is 5.84. The highest BCUT2D eigenvalue weighted by atomic mass is 16.5. The molecule has 5 rings (SSSR count). The summed E-state index contributed by atoms with van der Waals surface area (Å²) in [5.74, 6) is 4.80. The Morgan fingerprint density at radius 3 is 2.14 bits per heavy atom. The molecule has 124 valence electrons. The second kappa shape index (κ2) is 4.98. The Bertz CT molecular complexity index is 441. The van der Waals surface area contributed by atoms with Gasteiger partial charge in [-0.15, -0.1) is 0 Å². The molecule has 4 saturated carbocycles. The van der Waals surface area contributed by atoms with E-state index >= 15 is 0 Å². The summed E-state index contributed by atoms with van der Waals surface area (Å²) in [4.78, 5) is 5.05. The van der Waals surface area contributed by atoms with Crippen molar-refractivity contribution in [3.63, 3.8) is 0 Å². The maximum Gasteiger partial charge on any atom is 0.190 e. The molecule has 4 aliphatic carbocycles. The monoisotopic (exact) mass is 303 g/mol. The molecule has 0 radical (unpaired) electrons. The van der Waals surface area contributed by atoms with Crippen molar-refractivity contribution in [2.75, 3.05) is 6.61 Å². The summed E-state index contributed by atoms with van der Waals surface area (Å²) >= 11 is 0. The minimum atomic E-state index is 0.134. The number of hydrogen-bond donors (Lipinski definition) is 0. The Morgan fingerprint density at radius 1 is 1.09 bits per heavy atom. The zero-order valence-corrected chi connectivity index (χ0v) is 14.9. The van der Waals surface area contributed by atoms with Gasteiger partial charge in [-0.2, -0.15) is 0 Å². The van der Waals surface area contributed by atoms with Gasteiger partial charge in [0.2, 0.25) is 0 Å². The van der Waals surface area contributed by atoms with E-state index in [0.29, 0.717) is 17.4 Å². The topological polar surface area (TPSA) is 21.6 Å². The molecule has 2 heteroatoms. The summed E-state index contributed by atoms with van der Waals surface area (Å²) in [7, 11) is 0. The van der Waals surface area contributed by atoms with Crippen LogP contribution in [0.1, 0.15) is 72.6 Å². The van der Waals surface area contributed by atoms with Crippen molar-refractivity contribution in [3.8, 4) is 0 Å². The summed E-state index contributed by atoms with van der Waals surface area (Å²) in [6, 6.07) is 0.406. The van der Waals surface area contributed by atoms with Crippen LogP contribution in [-0.2, 0) is 4.74 Å². The molecular weight excluding hydrogens is 270 g/mol. The van der Waals surface area contributed by atoms with Gasteiger partial charge in [0.25, 0.3) is 0 Å². The lowest BCUT2D eigenvalue weighted by Crippen LogP contribution is -2.55. The van der Waals surface area contributed by atoms with E-state index in [-0.39, 0.29) is 5.41 Å². The van der Waals surface area contributed by atoms with Gasteiger partial charge in [-0.1, -0.05) is 27.7 Å². The van der Waals surface area contributed by atoms with E-state index in [0.717, 1.165) is 30.3 Å². The summed E-state index contributed by atoms with van der Waals surface area (Å²) in [6.07, 6.45) is 10.0. The summed E-state index contributed by atoms with van der Waals surface area (Å²) in [5, 5.41) is 0. The SMILES string of the molecule is CC(C)C[C@H]1COC(C(C)(C)C23CC4CC(CC(C4)C2)C3)=N1. The lowest BCUT2D eigenvalue weighted by atomic mass is 9.43. The molecular formula is C20H33NO. The Balaban J connectivity index is 1.58. The average molecular weight is 303 g/mol. The summed E-state index contributed by atoms with van der Waals surface area (Å²) < 4.78 is 6.17. The van der Waals surface area contributed by atoms with E-state index in [4.69, 9.17) is 9.73 Å². The van der Waals surface area contributed by atoms with Crippen molar-refractivity contribution < 1.29 is 4.74 Å². The van der Waals surface area contributed by atoms with Crippen LogP contribution in [0.4, 0.5) is 0 Å². The molecule has 1 atom stereocenters. The van der Waals surface area contributed by atoms with E-state index in [1.807, 2.05) is 0 Å². The van der Waals surface area contributed by atoms with Gasteiger partial charge >= 0.3 is 0 Å². The van der Waals surface area contributed by atoms with Crippen molar-refractivity contribution >= 4 is 5.90 Å². The fraction of sp³-hybridized carbons (Fsp3) is 0.950. The van der Waals surface area contributed by atoms with Gasteiger partial charge in [-0.25, -0.2) is 4.99 Å². The van der Waals surface area contributed by atoms with Crippen molar-refractivity contribution in [2.45, 2.75) is 78.7 Å². The van der Waals surface area contributed by atoms with Gasteiger partial charge in [0, 0.05) is 5.41 Å². The Morgan fingerprint density at radius 2 is 1.64 bits per heavy atom. The van der Waals surface area contributed by atoms with E-state index in [1.165, 1.54) is 44.9 Å². The maximum atomic E-state index is 6.17. The van der Waals surface area contributed by atoms with Crippen molar-refractivity contribution in [3.05, 3.63) is 0 Å². The van der Waals surface area contributed by atoms with Gasteiger partial charge in [0.1, 0.15) is 6.61 Å². The smallest absolute Gasteiger partial charge is 0.190 e. The summed E-state index contributed by atoms with van der Waals surface area (Å²) in [6.45, 7) is 10.3. The van der Waals surface area contributed by atoms with Crippen LogP contribution < -0.4 is 0 Å². The molecule has 0 saturated heterocycles. The van der Waals surface area contributed by atoms with E-state index in [1.54, 1.807) is 0 Å². The number of hydrogen-bond acceptors (Lipinski definition) is 2. The molecule has 22 heavy (non-hydrogen) atoms. The molecule has 0 spiro atoms. The zero-order chi connectivity index (χ0) is 15.5. The van der Waals surface area contributed by atoms with E-state index < -0.39 is 0 Å². The first-order valence-corrected chi connectivity index (χ1v) is 9.59. The fourth-order valence-corrected chi connectivity index (χ4v) is 6.53. The predicted molar refractivity (Wildman–Crippen MR) is 91.0 cm³/mol. The molecule has 1 heterocycles. The van der Waals surface area contributed by atoms with Crippen molar-refractivity contribution in [2.24, 2.45) is 39.5 Å². The molecule has 1 aliphatic heterocycles. The standard InChI is InChI=1S/C20H33NO/c1-13(2)5-17-12-22-18(21-17)19(3,4)20-9-14-6-15(10-20)8-16(7-14)11-20/h13-17H,5-12H2,1-4H3/t14?,15?,16?,17-,20?/m0/s1. The van der Waals surface area contributed by atoms with Gasteiger partial charge in [-0.05, 0) is 74.0 Å². The normalized spacial score (nSPS) is 43.6. The molecule has 0 unspecified atom stereocenters. The molecule has 0 aromatic rings. The molecule has 0 aromatic heterocycles. The molecule has 0 amide bonds. The molecule has 2 nitrogen and oxygen atoms in total. The van der Waals surface area contributed by atoms with Gasteiger partial charge in [0.05, 0.1) is 6.04 Å². The highest BCUT2D eigenvalue weighted by Crippen LogP contribution is 2.66. The van der Waals surface area contributed by atoms with E-state index in [2.05, 4.69) is 27.7 Å². The van der Waals surface area contributed by atoms with Crippen LogP contribution in [-0.4, -0.2) is 18.5 Å². The minimum absolute atomic E-state index is 0.134. The van der Waals surface area contributed by atoms with Crippen LogP contribution in [0.2, 0.25) is 0 Å². The molecule has 5 aliphatic rings. The Labute approximate surface area is 136 Å². The number of rotatable bonds is 4. The summed E-state index contributed by atoms with van der Waals surface area (Å²) in [5.41, 5.74) is 0.613. The van der Waals surface area contributed by atoms with Gasteiger partial charge in [-0.3, -0.25) is 0 Å². The largest absolute Gasteiger partial charge is 0.478 e. The fourth-order valence-electron chi connectivity index (χ4n) is 6.53. The Kier molecular flexibility index (Phi) is 3.40. The first-order chi connectivity index (χ1) is 10.4. The third-order valence-corrected chi connectivity index (χ3v) is 7.35. The Hall–Kier alpha value is -0.530. The van der Waals surface area contributed by atoms with Crippen LogP contribution in [0.15, 0.2) is 4.99 Å². The van der Waals surface area contributed by atoms with Crippen molar-refractivity contribution in [1.82, 2.24) is 0 Å². The second-order valence-corrected chi connectivity index (χ2v) is 9.85. The second-order valence-electron chi connectivity index (χ2n) is 9.85. The number of ether oxygens (including phenoxy) is 1. The van der Waals surface area contributed by atoms with Crippen LogP contribution in [0.5, 0.6) is 0 Å². The van der Waals surface area contributed by atoms with Crippen LogP contribution in [0.3, 0.4) is 0 Å². The lowest BCUT2D eigenvalue weighted by molar-refractivity contribution is -0.101. The number of aliphatic imine (C=N–C) groups is 1. The average Bonchev–Trinajstić information content (AvgIpc) is 2.85. The third-order valence-electron chi connectivity index (χ3n) is 7.35. The number of nitrogens with zero attached hydrogens (tertiary/aromatic N) is 1. The van der Waals surface area contributed by atoms with Crippen LogP contribution in [0.25, 0.3) is 0 Å². The highest BCUT2D eigenvalue weighted by Gasteiger charge is 2.59. The van der Waals surface area contributed by atoms with Gasteiger partial charge in [0.15, 0.2) is 5.90 Å². The van der Waals surface area contributed by atoms with E-state index in [9.17, 15) is 0 Å². The van der Waals surface area contributed by atoms with Gasteiger partial charge < -0.3 is 4.74 Å². The molecule has 0 N–H and O–H groups in total. The molecule has 0 aromatic carbocycles. The van der Waals surface area contributed by atoms with Crippen LogP contribution >= 0.6 is 0 Å². The lowest BCUT2D eigenvalue weighted by Gasteiger charge is -2.62. The first kappa shape index (κ1) is 15.0. The third kappa shape index (κ3) is 2.24. The van der Waals surface area contributed by atoms with Crippen molar-refractivity contribution in [1.29, 1.82) is 0 Å². The zero-order valence-electron chi connectivity index (χ0n) is 14.9. The maximum absolute atomic E-state index is 6.17. The molecule has 4 fully saturated rings. The predicted octanol–water partition coefficient (Wildman–Crippen LogP) is 5.07.